The largest absolute Gasteiger partial charge is 0.465 e. The van der Waals surface area contributed by atoms with Crippen LogP contribution in [0.1, 0.15) is 18.9 Å². The summed E-state index contributed by atoms with van der Waals surface area (Å²) in [5, 5.41) is 9.28. The Morgan fingerprint density at radius 1 is 1.35 bits per heavy atom. The maximum Gasteiger partial charge on any atom is 0.407 e. The molecule has 1 amide bonds. The van der Waals surface area contributed by atoms with Crippen molar-refractivity contribution in [2.75, 3.05) is 19.8 Å². The first-order valence-corrected chi connectivity index (χ1v) is 7.57. The number of carbonyl (C=O) groups excluding carboxylic acids is 1. The van der Waals surface area contributed by atoms with Crippen molar-refractivity contribution in [1.29, 1.82) is 0 Å². The third-order valence-corrected chi connectivity index (χ3v) is 3.59. The molecule has 0 saturated carbocycles. The molecule has 0 radical (unpaired) electrons. The Bertz CT molecular complexity index is 570. The van der Waals surface area contributed by atoms with Gasteiger partial charge in [0.25, 0.3) is 0 Å². The van der Waals surface area contributed by atoms with E-state index in [0.29, 0.717) is 26.2 Å². The molecule has 1 aromatic rings. The lowest BCUT2D eigenvalue weighted by atomic mass is 10.1. The molecule has 1 aliphatic rings. The van der Waals surface area contributed by atoms with Crippen molar-refractivity contribution in [3.05, 3.63) is 47.5 Å². The monoisotopic (exact) mass is 319 g/mol. The molecule has 23 heavy (non-hydrogen) atoms. The van der Waals surface area contributed by atoms with Crippen molar-refractivity contribution in [2.45, 2.75) is 26.0 Å². The Balaban J connectivity index is 1.91. The average Bonchev–Trinajstić information content (AvgIpc) is 2.91. The van der Waals surface area contributed by atoms with Crippen LogP contribution in [0.4, 0.5) is 4.79 Å². The summed E-state index contributed by atoms with van der Waals surface area (Å²) in [4.78, 5) is 24.1. The van der Waals surface area contributed by atoms with Crippen LogP contribution < -0.4 is 0 Å². The van der Waals surface area contributed by atoms with Gasteiger partial charge in [-0.05, 0) is 24.5 Å². The number of carbonyl (C=O) groups is 2. The zero-order chi connectivity index (χ0) is 16.7. The number of amides is 1. The molecule has 1 aromatic carbocycles. The molecule has 1 atom stereocenters. The number of nitrogens with zero attached hydrogens (tertiary/aromatic N) is 1. The minimum atomic E-state index is -1.01. The van der Waals surface area contributed by atoms with Crippen LogP contribution >= 0.6 is 0 Å². The predicted molar refractivity (Wildman–Crippen MR) is 83.9 cm³/mol. The first-order chi connectivity index (χ1) is 11.1. The molecule has 0 bridgehead atoms. The van der Waals surface area contributed by atoms with E-state index in [2.05, 4.69) is 0 Å². The highest BCUT2D eigenvalue weighted by molar-refractivity contribution is 5.83. The summed E-state index contributed by atoms with van der Waals surface area (Å²) in [5.74, 6) is -0.432. The Labute approximate surface area is 135 Å². The van der Waals surface area contributed by atoms with E-state index in [4.69, 9.17) is 9.47 Å². The highest BCUT2D eigenvalue weighted by Gasteiger charge is 2.32. The summed E-state index contributed by atoms with van der Waals surface area (Å²) in [7, 11) is 0. The highest BCUT2D eigenvalue weighted by atomic mass is 16.5. The van der Waals surface area contributed by atoms with Crippen LogP contribution in [-0.4, -0.2) is 47.9 Å². The molecule has 1 saturated heterocycles. The van der Waals surface area contributed by atoms with Gasteiger partial charge in [0.15, 0.2) is 0 Å². The fourth-order valence-corrected chi connectivity index (χ4v) is 2.54. The molecule has 0 aromatic heterocycles. The first-order valence-electron chi connectivity index (χ1n) is 7.57. The lowest BCUT2D eigenvalue weighted by Crippen LogP contribution is -2.37. The third-order valence-electron chi connectivity index (χ3n) is 3.59. The van der Waals surface area contributed by atoms with Gasteiger partial charge in [-0.25, -0.2) is 9.59 Å². The molecule has 6 nitrogen and oxygen atoms in total. The number of hydrogen-bond acceptors (Lipinski definition) is 4. The SMILES string of the molecule is CCOC(=O)/C=C1\C[C@@H](COCc2ccccc2)N(C(=O)O)C1. The number of benzene rings is 1. The van der Waals surface area contributed by atoms with Crippen LogP contribution in [0.5, 0.6) is 0 Å². The van der Waals surface area contributed by atoms with Crippen LogP contribution in [-0.2, 0) is 20.9 Å². The van der Waals surface area contributed by atoms with Crippen molar-refractivity contribution in [2.24, 2.45) is 0 Å². The molecule has 1 N–H and O–H groups in total. The number of likely N-dealkylation sites (tertiary alicyclic amines) is 1. The normalized spacial score (nSPS) is 19.1. The number of rotatable bonds is 6. The van der Waals surface area contributed by atoms with Gasteiger partial charge in [0, 0.05) is 12.6 Å². The zero-order valence-electron chi connectivity index (χ0n) is 13.1. The molecular formula is C17H21NO5. The van der Waals surface area contributed by atoms with Gasteiger partial charge in [0.1, 0.15) is 0 Å². The quantitative estimate of drug-likeness (QED) is 0.644. The lowest BCUT2D eigenvalue weighted by molar-refractivity contribution is -0.137. The fourth-order valence-electron chi connectivity index (χ4n) is 2.54. The summed E-state index contributed by atoms with van der Waals surface area (Å²) in [6.07, 6.45) is 0.863. The summed E-state index contributed by atoms with van der Waals surface area (Å²) in [6.45, 7) is 2.97. The summed E-state index contributed by atoms with van der Waals surface area (Å²) in [5.41, 5.74) is 1.79. The second-order valence-electron chi connectivity index (χ2n) is 5.32. The molecule has 1 aliphatic heterocycles. The molecule has 6 heteroatoms. The smallest absolute Gasteiger partial charge is 0.407 e. The van der Waals surface area contributed by atoms with Crippen molar-refractivity contribution in [3.63, 3.8) is 0 Å². The van der Waals surface area contributed by atoms with E-state index in [9.17, 15) is 14.7 Å². The van der Waals surface area contributed by atoms with Crippen molar-refractivity contribution in [3.8, 4) is 0 Å². The molecule has 0 aliphatic carbocycles. The van der Waals surface area contributed by atoms with Gasteiger partial charge in [0.05, 0.1) is 25.9 Å². The van der Waals surface area contributed by atoms with Gasteiger partial charge in [0.2, 0.25) is 0 Å². The summed E-state index contributed by atoms with van der Waals surface area (Å²) in [6, 6.07) is 9.41. The van der Waals surface area contributed by atoms with E-state index in [1.54, 1.807) is 6.92 Å². The molecule has 1 fully saturated rings. The number of carboxylic acid groups (broad SMARTS) is 1. The maximum atomic E-state index is 11.5. The molecule has 1 heterocycles. The lowest BCUT2D eigenvalue weighted by Gasteiger charge is -2.20. The predicted octanol–water partition coefficient (Wildman–Crippen LogP) is 2.45. The topological polar surface area (TPSA) is 76.1 Å². The number of esters is 1. The number of hydrogen-bond donors (Lipinski definition) is 1. The third kappa shape index (κ3) is 5.10. The number of ether oxygens (including phenoxy) is 2. The molecule has 2 rings (SSSR count). The fraction of sp³-hybridized carbons (Fsp3) is 0.412. The van der Waals surface area contributed by atoms with E-state index in [-0.39, 0.29) is 12.6 Å². The minimum Gasteiger partial charge on any atom is -0.465 e. The van der Waals surface area contributed by atoms with Crippen LogP contribution in [0, 0.1) is 0 Å². The Morgan fingerprint density at radius 2 is 2.09 bits per heavy atom. The van der Waals surface area contributed by atoms with Gasteiger partial charge >= 0.3 is 12.1 Å². The Hall–Kier alpha value is -2.34. The minimum absolute atomic E-state index is 0.216. The van der Waals surface area contributed by atoms with Crippen LogP contribution in [0.25, 0.3) is 0 Å². The van der Waals surface area contributed by atoms with Crippen molar-refractivity contribution >= 4 is 12.1 Å². The summed E-state index contributed by atoms with van der Waals surface area (Å²) >= 11 is 0. The maximum absolute atomic E-state index is 11.5. The van der Waals surface area contributed by atoms with Crippen molar-refractivity contribution < 1.29 is 24.2 Å². The zero-order valence-corrected chi connectivity index (χ0v) is 13.1. The van der Waals surface area contributed by atoms with E-state index in [0.717, 1.165) is 11.1 Å². The van der Waals surface area contributed by atoms with Gasteiger partial charge < -0.3 is 14.6 Å². The van der Waals surface area contributed by atoms with E-state index >= 15 is 0 Å². The standard InChI is InChI=1S/C17H21NO5/c1-2-23-16(19)9-14-8-15(18(10-14)17(20)21)12-22-11-13-6-4-3-5-7-13/h3-7,9,15H,2,8,10-12H2,1H3,(H,20,21)/b14-9+/t15-/m0/s1. The Morgan fingerprint density at radius 3 is 2.74 bits per heavy atom. The van der Waals surface area contributed by atoms with Gasteiger partial charge in [-0.3, -0.25) is 4.90 Å². The Kier molecular flexibility index (Phi) is 6.17. The van der Waals surface area contributed by atoms with Crippen LogP contribution in [0.3, 0.4) is 0 Å². The molecule has 0 spiro atoms. The average molecular weight is 319 g/mol. The second-order valence-corrected chi connectivity index (χ2v) is 5.32. The second kappa shape index (κ2) is 8.33. The molecular weight excluding hydrogens is 298 g/mol. The van der Waals surface area contributed by atoms with Gasteiger partial charge in [-0.2, -0.15) is 0 Å². The highest BCUT2D eigenvalue weighted by Crippen LogP contribution is 2.23. The molecule has 124 valence electrons. The van der Waals surface area contributed by atoms with E-state index in [1.807, 2.05) is 30.3 Å². The van der Waals surface area contributed by atoms with Crippen molar-refractivity contribution in [1.82, 2.24) is 4.90 Å². The van der Waals surface area contributed by atoms with Gasteiger partial charge in [-0.1, -0.05) is 30.3 Å². The molecule has 0 unspecified atom stereocenters. The van der Waals surface area contributed by atoms with E-state index < -0.39 is 12.1 Å². The van der Waals surface area contributed by atoms with Crippen LogP contribution in [0.2, 0.25) is 0 Å². The van der Waals surface area contributed by atoms with Crippen LogP contribution in [0.15, 0.2) is 42.0 Å². The van der Waals surface area contributed by atoms with Gasteiger partial charge in [-0.15, -0.1) is 0 Å². The summed E-state index contributed by atoms with van der Waals surface area (Å²) < 4.78 is 10.5. The van der Waals surface area contributed by atoms with E-state index in [1.165, 1.54) is 11.0 Å². The first kappa shape index (κ1) is 17.0.